The number of nitrogens with zero attached hydrogens (tertiary/aromatic N) is 1. The molecule has 80 valence electrons. The Bertz CT molecular complexity index is 134. The summed E-state index contributed by atoms with van der Waals surface area (Å²) in [5.41, 5.74) is 0. The monoisotopic (exact) mass is 186 g/mol. The molecule has 0 atom stereocenters. The van der Waals surface area contributed by atoms with E-state index in [-0.39, 0.29) is 7.43 Å². The lowest BCUT2D eigenvalue weighted by Gasteiger charge is -2.02. The molecule has 0 amide bonds. The Labute approximate surface area is 83.8 Å². The third kappa shape index (κ3) is 9.38. The van der Waals surface area contributed by atoms with Crippen LogP contribution in [0, 0.1) is 11.8 Å². The van der Waals surface area contributed by atoms with E-state index in [4.69, 9.17) is 0 Å². The molecule has 0 unspecified atom stereocenters. The number of aliphatic imine (C=N–C) groups is 1. The molecule has 0 aromatic heterocycles. The fourth-order valence-corrected chi connectivity index (χ4v) is 0.803. The lowest BCUT2D eigenvalue weighted by atomic mass is 10.2. The third-order valence-electron chi connectivity index (χ3n) is 1.25. The molecule has 0 bridgehead atoms. The molecule has 0 spiro atoms. The topological polar surface area (TPSA) is 24.4 Å². The van der Waals surface area contributed by atoms with Crippen molar-refractivity contribution in [3.63, 3.8) is 0 Å². The van der Waals surface area contributed by atoms with E-state index >= 15 is 0 Å². The lowest BCUT2D eigenvalue weighted by Crippen LogP contribution is -2.23. The molecule has 1 aliphatic heterocycles. The normalized spacial score (nSPS) is 14.2. The van der Waals surface area contributed by atoms with Gasteiger partial charge in [-0.15, -0.1) is 0 Å². The fourth-order valence-electron chi connectivity index (χ4n) is 0.803. The predicted molar refractivity (Wildman–Crippen MR) is 62.4 cm³/mol. The molecule has 0 radical (unpaired) electrons. The molecule has 0 aromatic carbocycles. The predicted octanol–water partition coefficient (Wildman–Crippen LogP) is 2.94. The smallest absolute Gasteiger partial charge is 0.0990 e. The van der Waals surface area contributed by atoms with Gasteiger partial charge in [-0.1, -0.05) is 42.0 Å². The number of nitrogens with one attached hydrogen (secondary N) is 1. The average Bonchev–Trinajstić information content (AvgIpc) is 2.34. The molecule has 0 saturated heterocycles. The molecule has 1 N–H and O–H groups in total. The van der Waals surface area contributed by atoms with Gasteiger partial charge < -0.3 is 5.32 Å². The van der Waals surface area contributed by atoms with Crippen LogP contribution < -0.4 is 5.32 Å². The largest absolute Gasteiger partial charge is 0.372 e. The van der Waals surface area contributed by atoms with Crippen molar-refractivity contribution in [2.75, 3.05) is 13.1 Å². The summed E-state index contributed by atoms with van der Waals surface area (Å²) in [6.45, 7) is 12.8. The first kappa shape index (κ1) is 15.0. The van der Waals surface area contributed by atoms with Crippen LogP contribution >= 0.6 is 0 Å². The minimum absolute atomic E-state index is 0. The third-order valence-corrected chi connectivity index (χ3v) is 1.25. The molecular formula is C11H26N2. The van der Waals surface area contributed by atoms with Crippen molar-refractivity contribution in [1.82, 2.24) is 5.32 Å². The van der Waals surface area contributed by atoms with Crippen LogP contribution in [0.15, 0.2) is 4.99 Å². The Kier molecular flexibility index (Phi) is 9.31. The number of rotatable bonds is 1. The Hall–Kier alpha value is -0.530. The second-order valence-electron chi connectivity index (χ2n) is 4.08. The number of hydrogen-bond acceptors (Lipinski definition) is 2. The van der Waals surface area contributed by atoms with Crippen molar-refractivity contribution in [1.29, 1.82) is 0 Å². The van der Waals surface area contributed by atoms with Crippen LogP contribution in [0.2, 0.25) is 0 Å². The Morgan fingerprint density at radius 1 is 1.15 bits per heavy atom. The zero-order chi connectivity index (χ0) is 9.56. The summed E-state index contributed by atoms with van der Waals surface area (Å²) in [6.07, 6.45) is 0. The van der Waals surface area contributed by atoms with Gasteiger partial charge in [0.05, 0.1) is 12.4 Å². The first-order valence-electron chi connectivity index (χ1n) is 4.82. The second-order valence-corrected chi connectivity index (χ2v) is 4.08. The standard InChI is InChI=1S/C6H12N2.C4H10.CH4/c1-5(2)6-7-3-4-8-6;1-4(2)3;/h5H,3-4H2,1-2H3,(H,7,8);4H,1-3H3;1H4. The highest BCUT2D eigenvalue weighted by Gasteiger charge is 2.06. The van der Waals surface area contributed by atoms with Crippen molar-refractivity contribution in [3.8, 4) is 0 Å². The molecule has 0 fully saturated rings. The average molecular weight is 186 g/mol. The maximum atomic E-state index is 4.24. The minimum Gasteiger partial charge on any atom is -0.372 e. The van der Waals surface area contributed by atoms with Crippen LogP contribution in [0.25, 0.3) is 0 Å². The van der Waals surface area contributed by atoms with E-state index in [0.29, 0.717) is 5.92 Å². The van der Waals surface area contributed by atoms with Gasteiger partial charge in [0, 0.05) is 12.5 Å². The highest BCUT2D eigenvalue weighted by Crippen LogP contribution is 1.97. The molecule has 2 nitrogen and oxygen atoms in total. The maximum absolute atomic E-state index is 4.24. The molecular weight excluding hydrogens is 160 g/mol. The van der Waals surface area contributed by atoms with Crippen LogP contribution in [-0.2, 0) is 0 Å². The summed E-state index contributed by atoms with van der Waals surface area (Å²) >= 11 is 0. The Morgan fingerprint density at radius 2 is 1.62 bits per heavy atom. The first-order valence-corrected chi connectivity index (χ1v) is 4.82. The summed E-state index contributed by atoms with van der Waals surface area (Å²) < 4.78 is 0. The SMILES string of the molecule is C.CC(C)C.CC(C)C1=NCCN1. The van der Waals surface area contributed by atoms with Crippen LogP contribution in [0.1, 0.15) is 42.0 Å². The molecule has 1 rings (SSSR count). The molecule has 1 aliphatic rings. The van der Waals surface area contributed by atoms with Crippen LogP contribution in [-0.4, -0.2) is 18.9 Å². The summed E-state index contributed by atoms with van der Waals surface area (Å²) in [5.74, 6) is 2.59. The van der Waals surface area contributed by atoms with Crippen molar-refractivity contribution in [3.05, 3.63) is 0 Å². The van der Waals surface area contributed by atoms with Crippen molar-refractivity contribution < 1.29 is 0 Å². The summed E-state index contributed by atoms with van der Waals surface area (Å²) in [7, 11) is 0. The van der Waals surface area contributed by atoms with E-state index < -0.39 is 0 Å². The van der Waals surface area contributed by atoms with Gasteiger partial charge in [0.25, 0.3) is 0 Å². The molecule has 0 aliphatic carbocycles. The van der Waals surface area contributed by atoms with E-state index in [1.165, 1.54) is 5.84 Å². The zero-order valence-electron chi connectivity index (χ0n) is 9.02. The molecule has 0 aromatic rings. The molecule has 1 heterocycles. The van der Waals surface area contributed by atoms with Gasteiger partial charge in [-0.3, -0.25) is 4.99 Å². The fraction of sp³-hybridized carbons (Fsp3) is 0.909. The number of hydrogen-bond donors (Lipinski definition) is 1. The Morgan fingerprint density at radius 3 is 1.77 bits per heavy atom. The van der Waals surface area contributed by atoms with E-state index in [1.807, 2.05) is 0 Å². The summed E-state index contributed by atoms with van der Waals surface area (Å²) in [4.78, 5) is 4.24. The highest BCUT2D eigenvalue weighted by molar-refractivity contribution is 5.85. The van der Waals surface area contributed by atoms with Gasteiger partial charge >= 0.3 is 0 Å². The van der Waals surface area contributed by atoms with Crippen LogP contribution in [0.4, 0.5) is 0 Å². The molecule has 13 heavy (non-hydrogen) atoms. The zero-order valence-corrected chi connectivity index (χ0v) is 9.02. The first-order chi connectivity index (χ1) is 5.54. The van der Waals surface area contributed by atoms with Crippen LogP contribution in [0.5, 0.6) is 0 Å². The Balaban J connectivity index is 0. The van der Waals surface area contributed by atoms with Gasteiger partial charge in [-0.2, -0.15) is 0 Å². The quantitative estimate of drug-likeness (QED) is 0.669. The van der Waals surface area contributed by atoms with Crippen molar-refractivity contribution in [2.24, 2.45) is 16.8 Å². The van der Waals surface area contributed by atoms with E-state index in [2.05, 4.69) is 44.9 Å². The van der Waals surface area contributed by atoms with Crippen molar-refractivity contribution in [2.45, 2.75) is 42.0 Å². The van der Waals surface area contributed by atoms with Gasteiger partial charge in [-0.25, -0.2) is 0 Å². The van der Waals surface area contributed by atoms with Gasteiger partial charge in [-0.05, 0) is 5.92 Å². The minimum atomic E-state index is 0. The highest BCUT2D eigenvalue weighted by atomic mass is 15.1. The summed E-state index contributed by atoms with van der Waals surface area (Å²) in [5, 5.41) is 3.21. The summed E-state index contributed by atoms with van der Waals surface area (Å²) in [6, 6.07) is 0. The maximum Gasteiger partial charge on any atom is 0.0990 e. The lowest BCUT2D eigenvalue weighted by molar-refractivity contribution is 0.737. The van der Waals surface area contributed by atoms with E-state index in [0.717, 1.165) is 19.0 Å². The van der Waals surface area contributed by atoms with Gasteiger partial charge in [0.2, 0.25) is 0 Å². The van der Waals surface area contributed by atoms with Crippen molar-refractivity contribution >= 4 is 5.84 Å². The van der Waals surface area contributed by atoms with Gasteiger partial charge in [0.1, 0.15) is 0 Å². The van der Waals surface area contributed by atoms with Crippen LogP contribution in [0.3, 0.4) is 0 Å². The second kappa shape index (κ2) is 8.09. The van der Waals surface area contributed by atoms with E-state index in [9.17, 15) is 0 Å². The molecule has 0 saturated carbocycles. The van der Waals surface area contributed by atoms with Gasteiger partial charge in [0.15, 0.2) is 0 Å². The van der Waals surface area contributed by atoms with E-state index in [1.54, 1.807) is 0 Å². The molecule has 2 heteroatoms. The number of amidine groups is 1.